The molecular formula is C55H63FN14O5S2. The topological polar surface area (TPSA) is 230 Å². The fraction of sp³-hybridized carbons (Fsp3) is 0.491. The van der Waals surface area contributed by atoms with Crippen LogP contribution in [-0.2, 0) is 19.2 Å². The van der Waals surface area contributed by atoms with Crippen molar-refractivity contribution in [2.45, 2.75) is 127 Å². The van der Waals surface area contributed by atoms with E-state index < -0.39 is 53.0 Å². The average Bonchev–Trinajstić information content (AvgIpc) is 4.05. The van der Waals surface area contributed by atoms with Crippen LogP contribution in [0.1, 0.15) is 95.0 Å². The van der Waals surface area contributed by atoms with Gasteiger partial charge in [-0.05, 0) is 86.3 Å². The van der Waals surface area contributed by atoms with Gasteiger partial charge < -0.3 is 35.8 Å². The zero-order valence-corrected chi connectivity index (χ0v) is 45.4. The van der Waals surface area contributed by atoms with Crippen molar-refractivity contribution >= 4 is 62.6 Å². The summed E-state index contributed by atoms with van der Waals surface area (Å²) in [5.41, 5.74) is 6.09. The minimum atomic E-state index is -2.00. The van der Waals surface area contributed by atoms with E-state index in [4.69, 9.17) is 10.1 Å². The van der Waals surface area contributed by atoms with Crippen molar-refractivity contribution in [3.8, 4) is 38.5 Å². The number of anilines is 2. The van der Waals surface area contributed by atoms with Gasteiger partial charge >= 0.3 is 0 Å². The summed E-state index contributed by atoms with van der Waals surface area (Å²) < 4.78 is 16.6. The molecule has 5 aliphatic rings. The van der Waals surface area contributed by atoms with Crippen LogP contribution in [0.25, 0.3) is 37.9 Å². The largest absolute Gasteiger partial charge is 0.391 e. The van der Waals surface area contributed by atoms with Gasteiger partial charge in [-0.1, -0.05) is 56.4 Å². The number of halogens is 1. The number of alkyl halides is 1. The molecule has 1 aromatic carbocycles. The summed E-state index contributed by atoms with van der Waals surface area (Å²) in [4.78, 5) is 74.6. The number of amides is 4. The summed E-state index contributed by atoms with van der Waals surface area (Å²) in [6.45, 7) is 9.91. The smallest absolute Gasteiger partial charge is 0.258 e. The molecule has 4 N–H and O–H groups in total. The third kappa shape index (κ3) is 10.4. The first kappa shape index (κ1) is 52.1. The number of aliphatic hydroxyl groups excluding tert-OH is 1. The normalized spacial score (nSPS) is 22.2. The second-order valence-electron chi connectivity index (χ2n) is 22.3. The van der Waals surface area contributed by atoms with Gasteiger partial charge in [-0.15, -0.1) is 21.5 Å². The summed E-state index contributed by atoms with van der Waals surface area (Å²) >= 11 is 3.09. The number of benzene rings is 1. The lowest BCUT2D eigenvalue weighted by atomic mass is 9.85. The van der Waals surface area contributed by atoms with Crippen molar-refractivity contribution in [3.05, 3.63) is 83.3 Å². The van der Waals surface area contributed by atoms with Gasteiger partial charge in [0.2, 0.25) is 22.9 Å². The Balaban J connectivity index is 0.741. The molecular weight excluding hydrogens is 1020 g/mol. The fourth-order valence-corrected chi connectivity index (χ4v) is 13.5. The third-order valence-corrected chi connectivity index (χ3v) is 18.1. The number of nitriles is 1. The number of piperidine rings is 1. The van der Waals surface area contributed by atoms with Gasteiger partial charge in [0.15, 0.2) is 10.7 Å². The summed E-state index contributed by atoms with van der Waals surface area (Å²) in [7, 11) is 1.87. The lowest BCUT2D eigenvalue weighted by Crippen LogP contribution is -2.59. The minimum absolute atomic E-state index is 0.0194. The van der Waals surface area contributed by atoms with Crippen LogP contribution in [0, 0.1) is 23.7 Å². The molecule has 9 heterocycles. The molecule has 4 amide bonds. The number of aliphatic hydroxyl groups is 1. The summed E-state index contributed by atoms with van der Waals surface area (Å²) in [6, 6.07) is 15.5. The van der Waals surface area contributed by atoms with Crippen LogP contribution < -0.4 is 20.9 Å². The molecule has 6 aromatic rings. The number of carbonyl (C=O) groups excluding carboxylic acids is 4. The van der Waals surface area contributed by atoms with Gasteiger partial charge in [0.1, 0.15) is 18.2 Å². The molecule has 0 radical (unpaired) electrons. The molecule has 5 aromatic heterocycles. The molecule has 2 bridgehead atoms. The van der Waals surface area contributed by atoms with Crippen LogP contribution in [0.5, 0.6) is 0 Å². The molecule has 11 rings (SSSR count). The SMILES string of the molecule is CNc1cc(-c2ccc3cc(C#N)cnn23)ncc1-c1nnc(N2CC3CCC(C2)N3C2CCN(C(=O)C[C@H](NC(=O)[C@@H]3C[C@@H](O)CN3C(=O)[C@@H](NC(=O)C3(F)CC3)C(C)(C)C)c3ccc(-c4scnc4C)cc3)CC2)s1. The van der Waals surface area contributed by atoms with Crippen LogP contribution in [0.4, 0.5) is 15.2 Å². The number of hydrogen-bond acceptors (Lipinski definition) is 16. The molecule has 19 nitrogen and oxygen atoms in total. The highest BCUT2D eigenvalue weighted by Crippen LogP contribution is 2.42. The fourth-order valence-electron chi connectivity index (χ4n) is 11.8. The van der Waals surface area contributed by atoms with Crippen molar-refractivity contribution < 1.29 is 28.7 Å². The van der Waals surface area contributed by atoms with Crippen molar-refractivity contribution in [2.75, 3.05) is 50.0 Å². The molecule has 1 aliphatic carbocycles. The number of fused-ring (bicyclic) bond motifs is 3. The second kappa shape index (κ2) is 20.8. The van der Waals surface area contributed by atoms with E-state index in [1.54, 1.807) is 54.4 Å². The maximum absolute atomic E-state index is 14.9. The average molecular weight is 1080 g/mol. The highest BCUT2D eigenvalue weighted by molar-refractivity contribution is 7.18. The Morgan fingerprint density at radius 3 is 2.34 bits per heavy atom. The number of aryl methyl sites for hydroxylation is 1. The number of pyridine rings is 1. The molecule has 2 unspecified atom stereocenters. The molecule has 5 fully saturated rings. The van der Waals surface area contributed by atoms with Gasteiger partial charge in [0, 0.05) is 76.2 Å². The zero-order valence-electron chi connectivity index (χ0n) is 43.8. The van der Waals surface area contributed by atoms with Crippen LogP contribution >= 0.6 is 22.7 Å². The van der Waals surface area contributed by atoms with E-state index >= 15 is 0 Å². The summed E-state index contributed by atoms with van der Waals surface area (Å²) in [6.07, 6.45) is 6.28. The number of thiazole rings is 1. The standard InChI is InChI=1S/C55H63FN14O5S2/c1-31-47(76-30-60-31)34-8-6-33(7-9-34)41(62-49(73)45-21-39(71)29-68(45)51(74)48(54(2,3)4)63-52(75)55(56)16-17-55)23-46(72)66-18-14-35(15-19-66)69-37-10-11-38(69)28-67(27-37)53-65-64-50(77-53)40-26-59-43(22-42(40)58-5)44-13-12-36-20-32(24-57)25-61-70(36)44/h6-9,12-13,20,22,25-26,30,35,37-39,41,45,48,71H,10-11,14-19,21,23,27-29H2,1-5H3,(H,58,59)(H,62,73)(H,63,75)/t37?,38?,39-,41+,45+,48-/m1/s1. The number of nitrogens with zero attached hydrogens (tertiary/aromatic N) is 11. The van der Waals surface area contributed by atoms with E-state index in [0.717, 1.165) is 93.2 Å². The van der Waals surface area contributed by atoms with E-state index in [1.807, 2.05) is 67.5 Å². The van der Waals surface area contributed by atoms with Crippen molar-refractivity contribution in [1.82, 2.24) is 55.1 Å². The van der Waals surface area contributed by atoms with Crippen LogP contribution in [0.2, 0.25) is 0 Å². The Labute approximate surface area is 453 Å². The van der Waals surface area contributed by atoms with E-state index in [9.17, 15) is 33.9 Å². The first-order valence-electron chi connectivity index (χ1n) is 26.5. The Bertz CT molecular complexity index is 3250. The predicted octanol–water partition coefficient (Wildman–Crippen LogP) is 6.15. The second-order valence-corrected chi connectivity index (χ2v) is 24.1. The molecule has 0 spiro atoms. The Morgan fingerprint density at radius 1 is 0.935 bits per heavy atom. The van der Waals surface area contributed by atoms with Crippen molar-refractivity contribution in [2.24, 2.45) is 5.41 Å². The number of likely N-dealkylation sites (tertiary alicyclic amines) is 2. The highest BCUT2D eigenvalue weighted by atomic mass is 32.1. The Morgan fingerprint density at radius 2 is 1.68 bits per heavy atom. The molecule has 22 heteroatoms. The number of β-amino-alcohol motifs (C(OH)–C–C–N with tert-alkyl or cyclic N) is 1. The van der Waals surface area contributed by atoms with E-state index in [0.29, 0.717) is 42.3 Å². The van der Waals surface area contributed by atoms with Crippen LogP contribution in [0.15, 0.2) is 66.4 Å². The zero-order chi connectivity index (χ0) is 53.9. The number of aromatic nitrogens is 6. The number of hydrogen-bond donors (Lipinski definition) is 4. The number of piperazine rings is 1. The maximum atomic E-state index is 14.9. The Kier molecular flexibility index (Phi) is 14.1. The number of carbonyl (C=O) groups is 4. The van der Waals surface area contributed by atoms with E-state index in [-0.39, 0.29) is 38.1 Å². The Hall–Kier alpha value is -6.93. The highest BCUT2D eigenvalue weighted by Gasteiger charge is 2.54. The molecule has 6 atom stereocenters. The van der Waals surface area contributed by atoms with Crippen LogP contribution in [-0.4, -0.2) is 155 Å². The van der Waals surface area contributed by atoms with Gasteiger partial charge in [-0.25, -0.2) is 13.9 Å². The minimum Gasteiger partial charge on any atom is -0.391 e. The van der Waals surface area contributed by atoms with Gasteiger partial charge in [-0.2, -0.15) is 10.4 Å². The van der Waals surface area contributed by atoms with Gasteiger partial charge in [0.05, 0.1) is 68.9 Å². The monoisotopic (exact) mass is 1080 g/mol. The quantitative estimate of drug-likeness (QED) is 0.0960. The van der Waals surface area contributed by atoms with Crippen molar-refractivity contribution in [1.29, 1.82) is 5.26 Å². The predicted molar refractivity (Wildman–Crippen MR) is 290 cm³/mol. The van der Waals surface area contributed by atoms with E-state index in [1.165, 1.54) is 16.2 Å². The first-order chi connectivity index (χ1) is 37.0. The van der Waals surface area contributed by atoms with Crippen LogP contribution in [0.3, 0.4) is 0 Å². The number of nitrogens with one attached hydrogen (secondary N) is 3. The molecule has 4 aliphatic heterocycles. The lowest BCUT2D eigenvalue weighted by molar-refractivity contribution is -0.145. The van der Waals surface area contributed by atoms with E-state index in [2.05, 4.69) is 47.0 Å². The maximum Gasteiger partial charge on any atom is 0.258 e. The summed E-state index contributed by atoms with van der Waals surface area (Å²) in [5, 5.41) is 44.7. The first-order valence-corrected chi connectivity index (χ1v) is 28.2. The molecule has 1 saturated carbocycles. The molecule has 77 heavy (non-hydrogen) atoms. The summed E-state index contributed by atoms with van der Waals surface area (Å²) in [5.74, 6) is -2.04. The van der Waals surface area contributed by atoms with Gasteiger partial charge in [0.25, 0.3) is 5.91 Å². The van der Waals surface area contributed by atoms with Gasteiger partial charge in [-0.3, -0.25) is 29.1 Å². The lowest BCUT2D eigenvalue weighted by Gasteiger charge is -2.47. The number of rotatable bonds is 14. The third-order valence-electron chi connectivity index (χ3n) is 16.1. The molecule has 4 saturated heterocycles. The van der Waals surface area contributed by atoms with Crippen molar-refractivity contribution in [3.63, 3.8) is 0 Å². The molecule has 402 valence electrons.